The third-order valence-electron chi connectivity index (χ3n) is 1.93. The van der Waals surface area contributed by atoms with E-state index >= 15 is 0 Å². The van der Waals surface area contributed by atoms with Crippen LogP contribution in [0, 0.1) is 6.92 Å². The minimum absolute atomic E-state index is 0.243. The van der Waals surface area contributed by atoms with Crippen molar-refractivity contribution < 1.29 is 5.11 Å². The molecule has 0 saturated heterocycles. The van der Waals surface area contributed by atoms with Crippen LogP contribution >= 0.6 is 11.3 Å². The number of thiophene rings is 1. The molecule has 0 radical (unpaired) electrons. The molecular weight excluding hydrogens is 156 g/mol. The summed E-state index contributed by atoms with van der Waals surface area (Å²) in [5, 5.41) is 9.29. The average molecular weight is 170 g/mol. The first-order valence-corrected chi connectivity index (χ1v) is 4.67. The Bertz CT molecular complexity index is 227. The van der Waals surface area contributed by atoms with Crippen LogP contribution in [0.5, 0.6) is 0 Å². The van der Waals surface area contributed by atoms with Crippen molar-refractivity contribution in [3.05, 3.63) is 21.9 Å². The van der Waals surface area contributed by atoms with Crippen LogP contribution in [0.1, 0.15) is 29.5 Å². The fourth-order valence-electron chi connectivity index (χ4n) is 0.936. The molecule has 0 aliphatic rings. The van der Waals surface area contributed by atoms with E-state index in [0.717, 1.165) is 0 Å². The number of aliphatic hydroxyl groups is 1. The topological polar surface area (TPSA) is 20.2 Å². The van der Waals surface area contributed by atoms with Gasteiger partial charge in [-0.2, -0.15) is 0 Å². The Kier molecular flexibility index (Phi) is 2.68. The Morgan fingerprint density at radius 2 is 2.00 bits per heavy atom. The zero-order valence-corrected chi connectivity index (χ0v) is 7.98. The molecule has 1 aromatic heterocycles. The van der Waals surface area contributed by atoms with Crippen molar-refractivity contribution in [2.45, 2.75) is 32.8 Å². The molecular formula is C9H14OS. The highest BCUT2D eigenvalue weighted by atomic mass is 32.1. The SMILES string of the molecule is Cc1ccc(C(C)C(C)O)s1. The van der Waals surface area contributed by atoms with E-state index in [1.165, 1.54) is 9.75 Å². The summed E-state index contributed by atoms with van der Waals surface area (Å²) < 4.78 is 0. The predicted molar refractivity (Wildman–Crippen MR) is 49.2 cm³/mol. The van der Waals surface area contributed by atoms with Gasteiger partial charge < -0.3 is 5.11 Å². The molecule has 0 amide bonds. The lowest BCUT2D eigenvalue weighted by atomic mass is 10.1. The summed E-state index contributed by atoms with van der Waals surface area (Å²) in [6.45, 7) is 5.97. The number of aliphatic hydroxyl groups excluding tert-OH is 1. The van der Waals surface area contributed by atoms with E-state index < -0.39 is 0 Å². The van der Waals surface area contributed by atoms with Gasteiger partial charge in [-0.25, -0.2) is 0 Å². The van der Waals surface area contributed by atoms with Crippen molar-refractivity contribution in [1.29, 1.82) is 0 Å². The van der Waals surface area contributed by atoms with E-state index in [2.05, 4.69) is 26.0 Å². The Labute approximate surface area is 71.7 Å². The fourth-order valence-corrected chi connectivity index (χ4v) is 1.96. The third-order valence-corrected chi connectivity index (χ3v) is 3.14. The van der Waals surface area contributed by atoms with Crippen molar-refractivity contribution in [3.8, 4) is 0 Å². The third kappa shape index (κ3) is 2.04. The van der Waals surface area contributed by atoms with Crippen molar-refractivity contribution in [3.63, 3.8) is 0 Å². The highest BCUT2D eigenvalue weighted by molar-refractivity contribution is 7.12. The van der Waals surface area contributed by atoms with Gasteiger partial charge in [0.1, 0.15) is 0 Å². The monoisotopic (exact) mass is 170 g/mol. The standard InChI is InChI=1S/C9H14OS/c1-6-4-5-9(11-6)7(2)8(3)10/h4-5,7-8,10H,1-3H3. The molecule has 1 heterocycles. The number of aryl methyl sites for hydroxylation is 1. The van der Waals surface area contributed by atoms with E-state index in [9.17, 15) is 5.11 Å². The minimum atomic E-state index is -0.243. The molecule has 11 heavy (non-hydrogen) atoms. The molecule has 0 fully saturated rings. The summed E-state index contributed by atoms with van der Waals surface area (Å²) in [4.78, 5) is 2.59. The van der Waals surface area contributed by atoms with E-state index in [4.69, 9.17) is 0 Å². The summed E-state index contributed by atoms with van der Waals surface area (Å²) in [6.07, 6.45) is -0.243. The van der Waals surface area contributed by atoms with Gasteiger partial charge in [0.05, 0.1) is 6.10 Å². The smallest absolute Gasteiger partial charge is 0.0585 e. The van der Waals surface area contributed by atoms with E-state index in [1.54, 1.807) is 11.3 Å². The number of hydrogen-bond donors (Lipinski definition) is 1. The molecule has 0 bridgehead atoms. The molecule has 1 nitrogen and oxygen atoms in total. The van der Waals surface area contributed by atoms with E-state index in [-0.39, 0.29) is 12.0 Å². The maximum absolute atomic E-state index is 9.29. The van der Waals surface area contributed by atoms with Crippen LogP contribution in [0.2, 0.25) is 0 Å². The van der Waals surface area contributed by atoms with Crippen molar-refractivity contribution >= 4 is 11.3 Å². The van der Waals surface area contributed by atoms with Gasteiger partial charge >= 0.3 is 0 Å². The van der Waals surface area contributed by atoms with Gasteiger partial charge in [0.2, 0.25) is 0 Å². The van der Waals surface area contributed by atoms with Gasteiger partial charge in [0.15, 0.2) is 0 Å². The summed E-state index contributed by atoms with van der Waals surface area (Å²) in [5.41, 5.74) is 0. The first-order valence-electron chi connectivity index (χ1n) is 3.85. The lowest BCUT2D eigenvalue weighted by Gasteiger charge is -2.11. The summed E-state index contributed by atoms with van der Waals surface area (Å²) in [5.74, 6) is 0.272. The molecule has 0 spiro atoms. The zero-order valence-electron chi connectivity index (χ0n) is 7.16. The van der Waals surface area contributed by atoms with Crippen molar-refractivity contribution in [2.24, 2.45) is 0 Å². The van der Waals surface area contributed by atoms with Gasteiger partial charge in [-0.15, -0.1) is 11.3 Å². The molecule has 0 aliphatic heterocycles. The maximum Gasteiger partial charge on any atom is 0.0585 e. The van der Waals surface area contributed by atoms with Crippen molar-refractivity contribution in [1.82, 2.24) is 0 Å². The van der Waals surface area contributed by atoms with Gasteiger partial charge in [0.25, 0.3) is 0 Å². The number of hydrogen-bond acceptors (Lipinski definition) is 2. The van der Waals surface area contributed by atoms with E-state index in [1.807, 2.05) is 6.92 Å². The lowest BCUT2D eigenvalue weighted by Crippen LogP contribution is -2.09. The Hall–Kier alpha value is -0.340. The Morgan fingerprint density at radius 1 is 1.36 bits per heavy atom. The molecule has 2 unspecified atom stereocenters. The fraction of sp³-hybridized carbons (Fsp3) is 0.556. The molecule has 62 valence electrons. The largest absolute Gasteiger partial charge is 0.393 e. The quantitative estimate of drug-likeness (QED) is 0.723. The first kappa shape index (κ1) is 8.75. The lowest BCUT2D eigenvalue weighted by molar-refractivity contribution is 0.170. The molecule has 0 aromatic carbocycles. The summed E-state index contributed by atoms with van der Waals surface area (Å²) in [7, 11) is 0. The van der Waals surface area contributed by atoms with Crippen molar-refractivity contribution in [2.75, 3.05) is 0 Å². The summed E-state index contributed by atoms with van der Waals surface area (Å²) >= 11 is 1.76. The number of rotatable bonds is 2. The van der Waals surface area contributed by atoms with Crippen LogP contribution in [-0.4, -0.2) is 11.2 Å². The van der Waals surface area contributed by atoms with E-state index in [0.29, 0.717) is 0 Å². The average Bonchev–Trinajstić information content (AvgIpc) is 2.34. The Morgan fingerprint density at radius 3 is 2.36 bits per heavy atom. The van der Waals surface area contributed by atoms with Gasteiger partial charge in [-0.3, -0.25) is 0 Å². The predicted octanol–water partition coefficient (Wildman–Crippen LogP) is 2.54. The van der Waals surface area contributed by atoms with Crippen LogP contribution < -0.4 is 0 Å². The van der Waals surface area contributed by atoms with Crippen LogP contribution in [0.15, 0.2) is 12.1 Å². The molecule has 0 aliphatic carbocycles. The van der Waals surface area contributed by atoms with Crippen LogP contribution in [0.4, 0.5) is 0 Å². The van der Waals surface area contributed by atoms with Gasteiger partial charge in [-0.1, -0.05) is 6.92 Å². The second-order valence-corrected chi connectivity index (χ2v) is 4.30. The molecule has 0 saturated carbocycles. The molecule has 1 aromatic rings. The second kappa shape index (κ2) is 3.37. The molecule has 1 rings (SSSR count). The van der Waals surface area contributed by atoms with Crippen LogP contribution in [0.3, 0.4) is 0 Å². The maximum atomic E-state index is 9.29. The second-order valence-electron chi connectivity index (χ2n) is 2.98. The van der Waals surface area contributed by atoms with Gasteiger partial charge in [-0.05, 0) is 26.0 Å². The normalized spacial score (nSPS) is 16.4. The summed E-state index contributed by atoms with van der Waals surface area (Å²) in [6, 6.07) is 4.19. The van der Waals surface area contributed by atoms with Crippen LogP contribution in [-0.2, 0) is 0 Å². The highest BCUT2D eigenvalue weighted by Gasteiger charge is 2.12. The molecule has 2 atom stereocenters. The molecule has 1 N–H and O–H groups in total. The minimum Gasteiger partial charge on any atom is -0.393 e. The Balaban J connectivity index is 2.76. The first-order chi connectivity index (χ1) is 5.11. The zero-order chi connectivity index (χ0) is 8.43. The van der Waals surface area contributed by atoms with Gasteiger partial charge in [0, 0.05) is 15.7 Å². The molecule has 2 heteroatoms. The van der Waals surface area contributed by atoms with Crippen LogP contribution in [0.25, 0.3) is 0 Å². The highest BCUT2D eigenvalue weighted by Crippen LogP contribution is 2.26.